The fourth-order valence-electron chi connectivity index (χ4n) is 2.37. The third-order valence-electron chi connectivity index (χ3n) is 3.64. The van der Waals surface area contributed by atoms with Crippen molar-refractivity contribution >= 4 is 5.91 Å². The average molecular weight is 316 g/mol. The molecule has 1 atom stereocenters. The average Bonchev–Trinajstić information content (AvgIpc) is 3.04. The fraction of sp³-hybridized carbons (Fsp3) is 0.444. The van der Waals surface area contributed by atoms with Crippen LogP contribution >= 0.6 is 0 Å². The van der Waals surface area contributed by atoms with Crippen LogP contribution in [0.4, 0.5) is 0 Å². The van der Waals surface area contributed by atoms with E-state index in [9.17, 15) is 4.79 Å². The van der Waals surface area contributed by atoms with E-state index in [1.165, 1.54) is 0 Å². The van der Waals surface area contributed by atoms with Gasteiger partial charge >= 0.3 is 0 Å². The van der Waals surface area contributed by atoms with Gasteiger partial charge in [-0.2, -0.15) is 0 Å². The molecule has 124 valence electrons. The van der Waals surface area contributed by atoms with Crippen LogP contribution in [0.5, 0.6) is 0 Å². The first-order valence-electron chi connectivity index (χ1n) is 8.03. The molecule has 0 aliphatic rings. The zero-order valence-corrected chi connectivity index (χ0v) is 13.9. The van der Waals surface area contributed by atoms with Gasteiger partial charge in [-0.25, -0.2) is 0 Å². The molecule has 1 heterocycles. The smallest absolute Gasteiger partial charge is 0.289 e. The van der Waals surface area contributed by atoms with Crippen LogP contribution in [0, 0.1) is 5.92 Å². The molecule has 1 N–H and O–H groups in total. The van der Waals surface area contributed by atoms with Crippen LogP contribution in [0.3, 0.4) is 0 Å². The molecule has 0 radical (unpaired) electrons. The first kappa shape index (κ1) is 17.2. The number of hydrogen-bond acceptors (Lipinski definition) is 4. The maximum Gasteiger partial charge on any atom is 0.289 e. The summed E-state index contributed by atoms with van der Waals surface area (Å²) < 4.78 is 10.8. The number of hydrogen-bond donors (Lipinski definition) is 1. The van der Waals surface area contributed by atoms with Crippen LogP contribution in [0.1, 0.15) is 37.7 Å². The van der Waals surface area contributed by atoms with Crippen LogP contribution in [-0.4, -0.2) is 30.3 Å². The topological polar surface area (TPSA) is 64.4 Å². The molecule has 23 heavy (non-hydrogen) atoms. The van der Waals surface area contributed by atoms with Gasteiger partial charge in [0.2, 0.25) is 5.76 Å². The van der Waals surface area contributed by atoms with E-state index in [2.05, 4.69) is 24.3 Å². The second-order valence-corrected chi connectivity index (χ2v) is 5.72. The molecule has 1 unspecified atom stereocenters. The van der Waals surface area contributed by atoms with Gasteiger partial charge in [-0.15, -0.1) is 0 Å². The lowest BCUT2D eigenvalue weighted by Crippen LogP contribution is -2.30. The molecular weight excluding hydrogens is 292 g/mol. The summed E-state index contributed by atoms with van der Waals surface area (Å²) in [6.07, 6.45) is 0.923. The molecule has 0 fully saturated rings. The highest BCUT2D eigenvalue weighted by molar-refractivity contribution is 5.92. The molecule has 0 aliphatic heterocycles. The molecule has 2 aromatic rings. The standard InChI is InChI=1S/C18H24N2O3/c1-4-22-16(13(2)3)10-11-19-18(21)17-12-15(20-23-17)14-8-6-5-7-9-14/h5-9,12-13,16H,4,10-11H2,1-3H3,(H,19,21). The molecule has 1 aromatic heterocycles. The number of carbonyl (C=O) groups is 1. The summed E-state index contributed by atoms with van der Waals surface area (Å²) >= 11 is 0. The van der Waals surface area contributed by atoms with Crippen molar-refractivity contribution in [2.45, 2.75) is 33.3 Å². The summed E-state index contributed by atoms with van der Waals surface area (Å²) in [6.45, 7) is 7.44. The molecule has 0 aliphatic carbocycles. The van der Waals surface area contributed by atoms with Crippen molar-refractivity contribution in [1.29, 1.82) is 0 Å². The highest BCUT2D eigenvalue weighted by Gasteiger charge is 2.16. The van der Waals surface area contributed by atoms with Gasteiger partial charge in [-0.3, -0.25) is 4.79 Å². The Morgan fingerprint density at radius 3 is 2.70 bits per heavy atom. The fourth-order valence-corrected chi connectivity index (χ4v) is 2.37. The van der Waals surface area contributed by atoms with Crippen molar-refractivity contribution in [1.82, 2.24) is 10.5 Å². The van der Waals surface area contributed by atoms with Gasteiger partial charge < -0.3 is 14.6 Å². The maximum absolute atomic E-state index is 12.1. The predicted molar refractivity (Wildman–Crippen MR) is 89.1 cm³/mol. The van der Waals surface area contributed by atoms with E-state index in [-0.39, 0.29) is 17.8 Å². The number of ether oxygens (including phenoxy) is 1. The lowest BCUT2D eigenvalue weighted by Gasteiger charge is -2.20. The Morgan fingerprint density at radius 1 is 1.30 bits per heavy atom. The Kier molecular flexibility index (Phi) is 6.35. The van der Waals surface area contributed by atoms with Crippen LogP contribution in [0.2, 0.25) is 0 Å². The number of carbonyl (C=O) groups excluding carboxylic acids is 1. The van der Waals surface area contributed by atoms with Gasteiger partial charge in [0.25, 0.3) is 5.91 Å². The van der Waals surface area contributed by atoms with Crippen molar-refractivity contribution in [3.8, 4) is 11.3 Å². The lowest BCUT2D eigenvalue weighted by atomic mass is 10.0. The molecule has 0 saturated carbocycles. The van der Waals surface area contributed by atoms with Crippen molar-refractivity contribution in [2.24, 2.45) is 5.92 Å². The van der Waals surface area contributed by atoms with Gasteiger partial charge in [-0.05, 0) is 19.3 Å². The summed E-state index contributed by atoms with van der Waals surface area (Å²) in [5, 5.41) is 6.80. The summed E-state index contributed by atoms with van der Waals surface area (Å²) in [4.78, 5) is 12.1. The number of amides is 1. The Morgan fingerprint density at radius 2 is 2.04 bits per heavy atom. The number of rotatable bonds is 8. The number of nitrogens with one attached hydrogen (secondary N) is 1. The monoisotopic (exact) mass is 316 g/mol. The Balaban J connectivity index is 1.88. The number of nitrogens with zero attached hydrogens (tertiary/aromatic N) is 1. The highest BCUT2D eigenvalue weighted by Crippen LogP contribution is 2.18. The first-order valence-corrected chi connectivity index (χ1v) is 8.03. The van der Waals surface area contributed by atoms with Crippen LogP contribution < -0.4 is 5.32 Å². The number of aromatic nitrogens is 1. The minimum absolute atomic E-state index is 0.148. The molecule has 1 aromatic carbocycles. The predicted octanol–water partition coefficient (Wildman–Crippen LogP) is 3.52. The number of benzene rings is 1. The third kappa shape index (κ3) is 4.93. The van der Waals surface area contributed by atoms with Crippen molar-refractivity contribution in [2.75, 3.05) is 13.2 Å². The van der Waals surface area contributed by atoms with E-state index in [1.54, 1.807) is 6.07 Å². The molecule has 0 spiro atoms. The maximum atomic E-state index is 12.1. The Hall–Kier alpha value is -2.14. The van der Waals surface area contributed by atoms with E-state index < -0.39 is 0 Å². The molecule has 5 nitrogen and oxygen atoms in total. The molecule has 0 saturated heterocycles. The summed E-state index contributed by atoms with van der Waals surface area (Å²) in [5.74, 6) is 0.391. The van der Waals surface area contributed by atoms with E-state index >= 15 is 0 Å². The van der Waals surface area contributed by atoms with E-state index in [0.29, 0.717) is 24.8 Å². The molecular formula is C18H24N2O3. The highest BCUT2D eigenvalue weighted by atomic mass is 16.5. The first-order chi connectivity index (χ1) is 11.1. The van der Waals surface area contributed by atoms with E-state index in [0.717, 1.165) is 12.0 Å². The largest absolute Gasteiger partial charge is 0.378 e. The van der Waals surface area contributed by atoms with Crippen molar-refractivity contribution < 1.29 is 14.1 Å². The van der Waals surface area contributed by atoms with Crippen molar-refractivity contribution in [3.05, 3.63) is 42.2 Å². The van der Waals surface area contributed by atoms with Crippen LogP contribution in [0.15, 0.2) is 40.9 Å². The van der Waals surface area contributed by atoms with Crippen molar-refractivity contribution in [3.63, 3.8) is 0 Å². The lowest BCUT2D eigenvalue weighted by molar-refractivity contribution is 0.0250. The third-order valence-corrected chi connectivity index (χ3v) is 3.64. The summed E-state index contributed by atoms with van der Waals surface area (Å²) in [6, 6.07) is 11.3. The minimum Gasteiger partial charge on any atom is -0.378 e. The molecule has 2 rings (SSSR count). The Labute approximate surface area is 137 Å². The van der Waals surface area contributed by atoms with Gasteiger partial charge in [0.15, 0.2) is 0 Å². The Bertz CT molecular complexity index is 608. The summed E-state index contributed by atoms with van der Waals surface area (Å²) in [7, 11) is 0. The van der Waals surface area contributed by atoms with Crippen LogP contribution in [0.25, 0.3) is 11.3 Å². The zero-order valence-electron chi connectivity index (χ0n) is 13.9. The molecule has 0 bridgehead atoms. The minimum atomic E-state index is -0.251. The summed E-state index contributed by atoms with van der Waals surface area (Å²) in [5.41, 5.74) is 1.58. The van der Waals surface area contributed by atoms with Crippen LogP contribution in [-0.2, 0) is 4.74 Å². The van der Waals surface area contributed by atoms with E-state index in [1.807, 2.05) is 37.3 Å². The molecule has 5 heteroatoms. The second-order valence-electron chi connectivity index (χ2n) is 5.72. The van der Waals surface area contributed by atoms with Gasteiger partial charge in [0.05, 0.1) is 6.10 Å². The normalized spacial score (nSPS) is 12.3. The van der Waals surface area contributed by atoms with Gasteiger partial charge in [-0.1, -0.05) is 49.3 Å². The van der Waals surface area contributed by atoms with Gasteiger partial charge in [0.1, 0.15) is 5.69 Å². The second kappa shape index (κ2) is 8.48. The van der Waals surface area contributed by atoms with E-state index in [4.69, 9.17) is 9.26 Å². The van der Waals surface area contributed by atoms with Gasteiger partial charge in [0, 0.05) is 24.8 Å². The SMILES string of the molecule is CCOC(CCNC(=O)c1cc(-c2ccccc2)no1)C(C)C. The zero-order chi connectivity index (χ0) is 16.7. The molecule has 1 amide bonds. The quantitative estimate of drug-likeness (QED) is 0.809.